The van der Waals surface area contributed by atoms with Gasteiger partial charge in [-0.05, 0) is 18.6 Å². The average molecular weight is 250 g/mol. The summed E-state index contributed by atoms with van der Waals surface area (Å²) >= 11 is 0. The van der Waals surface area contributed by atoms with Gasteiger partial charge in [-0.3, -0.25) is 0 Å². The monoisotopic (exact) mass is 250 g/mol. The topological polar surface area (TPSA) is 69.6 Å². The second kappa shape index (κ2) is 13.2. The first-order chi connectivity index (χ1) is 7.20. The molecule has 16 heavy (non-hydrogen) atoms. The van der Waals surface area contributed by atoms with E-state index >= 15 is 0 Å². The van der Waals surface area contributed by atoms with E-state index in [4.69, 9.17) is 5.11 Å². The van der Waals surface area contributed by atoms with Crippen molar-refractivity contribution in [1.29, 1.82) is 0 Å². The molecule has 1 aromatic rings. The maximum Gasteiger partial charge on any atom is 1.00 e. The van der Waals surface area contributed by atoms with E-state index in [9.17, 15) is 9.90 Å². The van der Waals surface area contributed by atoms with Crippen LogP contribution < -0.4 is 61.2 Å². The van der Waals surface area contributed by atoms with Crippen molar-refractivity contribution in [2.45, 2.75) is 19.8 Å². The van der Waals surface area contributed by atoms with E-state index in [1.54, 1.807) is 18.2 Å². The molecule has 0 radical (unpaired) electrons. The zero-order valence-corrected chi connectivity index (χ0v) is 12.8. The van der Waals surface area contributed by atoms with Gasteiger partial charge < -0.3 is 19.7 Å². The third-order valence-electron chi connectivity index (χ3n) is 1.46. The number of aliphatic hydroxyl groups is 1. The number of ether oxygens (including phenoxy) is 1. The van der Waals surface area contributed by atoms with Crippen LogP contribution in [0.5, 0.6) is 5.75 Å². The third kappa shape index (κ3) is 12.2. The summed E-state index contributed by atoms with van der Waals surface area (Å²) in [6, 6.07) is 8.20. The summed E-state index contributed by atoms with van der Waals surface area (Å²) in [6.07, 6.45) is 0.502. The number of rotatable bonds is 3. The van der Waals surface area contributed by atoms with Crippen LogP contribution in [0.2, 0.25) is 0 Å². The van der Waals surface area contributed by atoms with Crippen molar-refractivity contribution < 1.29 is 71.1 Å². The molecule has 0 spiro atoms. The summed E-state index contributed by atoms with van der Waals surface area (Å²) in [5.41, 5.74) is 0. The Labute approximate surface area is 138 Å². The maximum atomic E-state index is 9.84. The van der Waals surface area contributed by atoms with Gasteiger partial charge in [0.05, 0.1) is 5.75 Å². The van der Waals surface area contributed by atoms with Crippen molar-refractivity contribution in [2.24, 2.45) is 0 Å². The standard InChI is InChI=1S/C7H6O3.C4H10O.K/c8-7(9)10-6-4-2-1-3-5-6;1-2-3-4-5;/h1-5H,(H,8,9);5H,2-4H2,1H3;/q;;+1/p-1. The number of hydrogen-bond acceptors (Lipinski definition) is 4. The summed E-state index contributed by atoms with van der Waals surface area (Å²) in [4.78, 5) is 9.84. The van der Waals surface area contributed by atoms with E-state index in [1.807, 2.05) is 0 Å². The van der Waals surface area contributed by atoms with Gasteiger partial charge in [-0.15, -0.1) is 0 Å². The van der Waals surface area contributed by atoms with E-state index in [1.165, 1.54) is 12.1 Å². The Morgan fingerprint density at radius 2 is 1.94 bits per heavy atom. The van der Waals surface area contributed by atoms with Crippen LogP contribution in [0.3, 0.4) is 0 Å². The minimum Gasteiger partial charge on any atom is -0.514 e. The zero-order chi connectivity index (χ0) is 11.5. The van der Waals surface area contributed by atoms with Gasteiger partial charge in [0.2, 0.25) is 0 Å². The number of aliphatic hydroxyl groups excluding tert-OH is 1. The maximum absolute atomic E-state index is 9.84. The minimum atomic E-state index is -1.54. The van der Waals surface area contributed by atoms with Gasteiger partial charge in [0.1, 0.15) is 0 Å². The molecule has 0 fully saturated rings. The molecular formula is C11H15KO4. The molecule has 84 valence electrons. The second-order valence-electron chi connectivity index (χ2n) is 2.74. The predicted octanol–water partition coefficient (Wildman–Crippen LogP) is -1.81. The van der Waals surface area contributed by atoms with Crippen LogP contribution in [-0.4, -0.2) is 17.9 Å². The van der Waals surface area contributed by atoms with Crippen molar-refractivity contribution in [2.75, 3.05) is 6.61 Å². The van der Waals surface area contributed by atoms with Gasteiger partial charge in [-0.25, -0.2) is 0 Å². The molecule has 0 bridgehead atoms. The van der Waals surface area contributed by atoms with Gasteiger partial charge in [0, 0.05) is 6.61 Å². The Bertz CT molecular complexity index is 262. The molecule has 0 saturated carbocycles. The Kier molecular flexibility index (Phi) is 15.2. The Balaban J connectivity index is 0. The van der Waals surface area contributed by atoms with E-state index in [2.05, 4.69) is 11.7 Å². The quantitative estimate of drug-likeness (QED) is 0.390. The molecule has 0 heterocycles. The minimum absolute atomic E-state index is 0. The summed E-state index contributed by atoms with van der Waals surface area (Å²) in [6.45, 7) is 2.40. The van der Waals surface area contributed by atoms with Crippen LogP contribution in [0.1, 0.15) is 19.8 Å². The fourth-order valence-electron chi connectivity index (χ4n) is 0.743. The largest absolute Gasteiger partial charge is 1.00 e. The number of hydrogen-bond donors (Lipinski definition) is 1. The van der Waals surface area contributed by atoms with Crippen LogP contribution in [-0.2, 0) is 0 Å². The first-order valence-corrected chi connectivity index (χ1v) is 4.75. The fourth-order valence-corrected chi connectivity index (χ4v) is 0.743. The van der Waals surface area contributed by atoms with Crippen molar-refractivity contribution in [1.82, 2.24) is 0 Å². The van der Waals surface area contributed by atoms with Gasteiger partial charge >= 0.3 is 51.4 Å². The van der Waals surface area contributed by atoms with Crippen molar-refractivity contribution >= 4 is 6.16 Å². The second-order valence-corrected chi connectivity index (χ2v) is 2.74. The van der Waals surface area contributed by atoms with Crippen molar-refractivity contribution in [3.05, 3.63) is 30.3 Å². The first kappa shape index (κ1) is 18.5. The third-order valence-corrected chi connectivity index (χ3v) is 1.46. The van der Waals surface area contributed by atoms with Gasteiger partial charge in [0.15, 0.2) is 0 Å². The first-order valence-electron chi connectivity index (χ1n) is 4.75. The molecule has 0 atom stereocenters. The molecule has 5 heteroatoms. The molecule has 1 N–H and O–H groups in total. The zero-order valence-electron chi connectivity index (χ0n) is 9.68. The van der Waals surface area contributed by atoms with Gasteiger partial charge in [-0.2, -0.15) is 0 Å². The van der Waals surface area contributed by atoms with Crippen LogP contribution >= 0.6 is 0 Å². The van der Waals surface area contributed by atoms with E-state index in [0.717, 1.165) is 12.8 Å². The molecular weight excluding hydrogens is 235 g/mol. The van der Waals surface area contributed by atoms with Crippen LogP contribution in [0.4, 0.5) is 4.79 Å². The van der Waals surface area contributed by atoms with Crippen LogP contribution in [0.15, 0.2) is 30.3 Å². The Morgan fingerprint density at radius 3 is 2.25 bits per heavy atom. The summed E-state index contributed by atoms with van der Waals surface area (Å²) in [5.74, 6) is 0.280. The summed E-state index contributed by atoms with van der Waals surface area (Å²) in [7, 11) is 0. The molecule has 0 aliphatic carbocycles. The molecule has 0 amide bonds. The van der Waals surface area contributed by atoms with Crippen molar-refractivity contribution in [3.8, 4) is 5.75 Å². The smallest absolute Gasteiger partial charge is 0.514 e. The molecule has 0 unspecified atom stereocenters. The van der Waals surface area contributed by atoms with Crippen LogP contribution in [0, 0.1) is 0 Å². The number of carbonyl (C=O) groups is 1. The molecule has 0 aliphatic rings. The van der Waals surface area contributed by atoms with E-state index < -0.39 is 6.16 Å². The Hall–Kier alpha value is 0.0864. The fraction of sp³-hybridized carbons (Fsp3) is 0.364. The molecule has 4 nitrogen and oxygen atoms in total. The number of carbonyl (C=O) groups excluding carboxylic acids is 1. The van der Waals surface area contributed by atoms with Gasteiger partial charge in [0.25, 0.3) is 6.16 Å². The Morgan fingerprint density at radius 1 is 1.38 bits per heavy atom. The molecule has 1 rings (SSSR count). The van der Waals surface area contributed by atoms with E-state index in [-0.39, 0.29) is 57.1 Å². The SMILES string of the molecule is CCCCO.O=C([O-])Oc1ccccc1.[K+]. The van der Waals surface area contributed by atoms with Crippen molar-refractivity contribution in [3.63, 3.8) is 0 Å². The normalized spacial score (nSPS) is 8.12. The number of unbranched alkanes of at least 4 members (excludes halogenated alkanes) is 1. The predicted molar refractivity (Wildman–Crippen MR) is 54.5 cm³/mol. The van der Waals surface area contributed by atoms with Gasteiger partial charge in [-0.1, -0.05) is 31.5 Å². The number of para-hydroxylation sites is 1. The molecule has 1 aromatic carbocycles. The summed E-state index contributed by atoms with van der Waals surface area (Å²) < 4.78 is 4.22. The molecule has 0 aromatic heterocycles. The number of benzene rings is 1. The number of carboxylic acid groups (broad SMARTS) is 1. The summed E-state index contributed by atoms with van der Waals surface area (Å²) in [5, 5.41) is 17.9. The molecule has 0 aliphatic heterocycles. The van der Waals surface area contributed by atoms with Crippen LogP contribution in [0.25, 0.3) is 0 Å². The van der Waals surface area contributed by atoms with E-state index in [0.29, 0.717) is 6.61 Å². The molecule has 0 saturated heterocycles. The average Bonchev–Trinajstić information content (AvgIpc) is 2.20.